The van der Waals surface area contributed by atoms with Gasteiger partial charge in [0.2, 0.25) is 0 Å². The van der Waals surface area contributed by atoms with E-state index in [2.05, 4.69) is 20.3 Å². The van der Waals surface area contributed by atoms with Crippen molar-refractivity contribution in [3.05, 3.63) is 41.6 Å². The first-order chi connectivity index (χ1) is 15.7. The van der Waals surface area contributed by atoms with E-state index in [0.29, 0.717) is 40.0 Å². The van der Waals surface area contributed by atoms with Crippen molar-refractivity contribution >= 4 is 29.3 Å². The number of alkyl halides is 3. The standard InChI is InChI=1S/C22H22F3N4O3P/c1-13-14-5-4-6-16(22(23,24)25)19(14)31-7-8-32-21-28-17-12-26-18(33(30)9-2-3-10-33)11-15(17)20(27-13)29-21/h4-6,11-13H,2-3,7-10H2,1H3,(H,27,28,29)/t13-/m1/s1. The number of ether oxygens (including phenoxy) is 2. The van der Waals surface area contributed by atoms with Gasteiger partial charge in [0.25, 0.3) is 0 Å². The zero-order valence-corrected chi connectivity index (χ0v) is 18.7. The van der Waals surface area contributed by atoms with E-state index >= 15 is 0 Å². The molecule has 2 aliphatic rings. The number of fused-ring (bicyclic) bond motifs is 5. The molecular weight excluding hydrogens is 456 g/mol. The van der Waals surface area contributed by atoms with Crippen molar-refractivity contribution in [1.29, 1.82) is 0 Å². The van der Waals surface area contributed by atoms with Crippen LogP contribution in [0.1, 0.15) is 36.9 Å². The fourth-order valence-corrected chi connectivity index (χ4v) is 7.10. The molecule has 0 spiro atoms. The maximum atomic E-state index is 13.6. The lowest BCUT2D eigenvalue weighted by Gasteiger charge is -2.22. The van der Waals surface area contributed by atoms with Crippen LogP contribution in [0, 0.1) is 0 Å². The number of nitrogens with zero attached hydrogens (tertiary/aromatic N) is 3. The lowest BCUT2D eigenvalue weighted by Crippen LogP contribution is -2.16. The first kappa shape index (κ1) is 21.9. The Labute approximate surface area is 188 Å². The van der Waals surface area contributed by atoms with Crippen LogP contribution in [0.4, 0.5) is 19.0 Å². The molecule has 1 saturated heterocycles. The lowest BCUT2D eigenvalue weighted by atomic mass is 10.0. The maximum Gasteiger partial charge on any atom is 0.419 e. The number of aromatic nitrogens is 3. The second kappa shape index (κ2) is 8.17. The van der Waals surface area contributed by atoms with Gasteiger partial charge in [-0.05, 0) is 31.9 Å². The smallest absolute Gasteiger partial charge is 0.419 e. The first-order valence-corrected chi connectivity index (χ1v) is 12.8. The average molecular weight is 478 g/mol. The summed E-state index contributed by atoms with van der Waals surface area (Å²) in [5, 5.41) is 3.78. The molecule has 33 heavy (non-hydrogen) atoms. The van der Waals surface area contributed by atoms with Crippen molar-refractivity contribution in [2.45, 2.75) is 32.0 Å². The third-order valence-corrected chi connectivity index (χ3v) is 9.14. The number of rotatable bonds is 1. The van der Waals surface area contributed by atoms with Crippen LogP contribution >= 0.6 is 7.14 Å². The Kier molecular flexibility index (Phi) is 5.43. The molecule has 2 aliphatic heterocycles. The molecule has 1 fully saturated rings. The van der Waals surface area contributed by atoms with Gasteiger partial charge in [-0.1, -0.05) is 12.1 Å². The van der Waals surface area contributed by atoms with E-state index in [-0.39, 0.29) is 25.0 Å². The van der Waals surface area contributed by atoms with Crippen LogP contribution in [-0.2, 0) is 10.7 Å². The summed E-state index contributed by atoms with van der Waals surface area (Å²) in [5.41, 5.74) is 0.529. The highest BCUT2D eigenvalue weighted by atomic mass is 31.2. The third-order valence-electron chi connectivity index (χ3n) is 5.98. The highest BCUT2D eigenvalue weighted by molar-refractivity contribution is 7.71. The van der Waals surface area contributed by atoms with Crippen LogP contribution < -0.4 is 20.2 Å². The van der Waals surface area contributed by atoms with Crippen molar-refractivity contribution in [2.75, 3.05) is 30.9 Å². The molecule has 174 valence electrons. The number of halogens is 3. The largest absolute Gasteiger partial charge is 0.489 e. The van der Waals surface area contributed by atoms with Gasteiger partial charge in [0.1, 0.15) is 37.4 Å². The zero-order chi connectivity index (χ0) is 23.2. The van der Waals surface area contributed by atoms with E-state index in [1.807, 2.05) is 0 Å². The van der Waals surface area contributed by atoms with E-state index in [1.54, 1.807) is 25.3 Å². The molecule has 3 aromatic rings. The summed E-state index contributed by atoms with van der Waals surface area (Å²) in [6.07, 6.45) is 0.0415. The van der Waals surface area contributed by atoms with Crippen molar-refractivity contribution in [3.63, 3.8) is 0 Å². The van der Waals surface area contributed by atoms with Gasteiger partial charge in [-0.15, -0.1) is 0 Å². The quantitative estimate of drug-likeness (QED) is 0.505. The maximum absolute atomic E-state index is 13.6. The van der Waals surface area contributed by atoms with Crippen molar-refractivity contribution in [3.8, 4) is 11.8 Å². The molecule has 0 saturated carbocycles. The number of anilines is 1. The van der Waals surface area contributed by atoms with Crippen LogP contribution in [-0.4, -0.2) is 40.5 Å². The first-order valence-electron chi connectivity index (χ1n) is 10.7. The van der Waals surface area contributed by atoms with Crippen LogP contribution in [0.3, 0.4) is 0 Å². The summed E-state index contributed by atoms with van der Waals surface area (Å²) in [6, 6.07) is 5.17. The Morgan fingerprint density at radius 2 is 1.88 bits per heavy atom. The number of pyridine rings is 1. The van der Waals surface area contributed by atoms with Crippen LogP contribution in [0.5, 0.6) is 11.8 Å². The molecular formula is C22H22F3N4O3P. The second-order valence-electron chi connectivity index (χ2n) is 8.24. The number of hydrogen-bond donors (Lipinski definition) is 1. The summed E-state index contributed by atoms with van der Waals surface area (Å²) < 4.78 is 65.3. The summed E-state index contributed by atoms with van der Waals surface area (Å²) in [7, 11) is -2.56. The summed E-state index contributed by atoms with van der Waals surface area (Å²) in [6.45, 7) is 1.59. The second-order valence-corrected chi connectivity index (χ2v) is 11.4. The predicted molar refractivity (Wildman–Crippen MR) is 118 cm³/mol. The monoisotopic (exact) mass is 478 g/mol. The van der Waals surface area contributed by atoms with E-state index < -0.39 is 24.9 Å². The van der Waals surface area contributed by atoms with Gasteiger partial charge in [-0.25, -0.2) is 0 Å². The minimum atomic E-state index is -4.57. The topological polar surface area (TPSA) is 86.2 Å². The molecule has 0 aliphatic carbocycles. The summed E-state index contributed by atoms with van der Waals surface area (Å²) in [5.74, 6) is 0.140. The molecule has 7 nitrogen and oxygen atoms in total. The predicted octanol–water partition coefficient (Wildman–Crippen LogP) is 4.77. The Balaban J connectivity index is 1.62. The molecule has 11 heteroatoms. The molecule has 2 bridgehead atoms. The normalized spacial score (nSPS) is 20.2. The number of benzene rings is 1. The Morgan fingerprint density at radius 3 is 2.64 bits per heavy atom. The van der Waals surface area contributed by atoms with Crippen LogP contribution in [0.25, 0.3) is 10.9 Å². The molecule has 1 aromatic carbocycles. The van der Waals surface area contributed by atoms with Gasteiger partial charge in [-0.2, -0.15) is 23.1 Å². The minimum Gasteiger partial charge on any atom is -0.489 e. The van der Waals surface area contributed by atoms with Gasteiger partial charge < -0.3 is 19.4 Å². The Morgan fingerprint density at radius 1 is 1.12 bits per heavy atom. The highest BCUT2D eigenvalue weighted by Crippen LogP contribution is 2.50. The molecule has 0 unspecified atom stereocenters. The highest BCUT2D eigenvalue weighted by Gasteiger charge is 2.36. The third kappa shape index (κ3) is 4.12. The summed E-state index contributed by atoms with van der Waals surface area (Å²) >= 11 is 0. The Hall–Kier alpha value is -2.87. The number of nitrogens with one attached hydrogen (secondary N) is 1. The van der Waals surface area contributed by atoms with E-state index in [9.17, 15) is 17.7 Å². The molecule has 1 atom stereocenters. The lowest BCUT2D eigenvalue weighted by molar-refractivity contribution is -0.139. The van der Waals surface area contributed by atoms with Gasteiger partial charge in [0.05, 0.1) is 23.3 Å². The van der Waals surface area contributed by atoms with E-state index in [0.717, 1.165) is 18.9 Å². The van der Waals surface area contributed by atoms with Crippen molar-refractivity contribution in [1.82, 2.24) is 15.0 Å². The van der Waals surface area contributed by atoms with Gasteiger partial charge in [0, 0.05) is 23.3 Å². The average Bonchev–Trinajstić information content (AvgIpc) is 3.22. The molecule has 1 N–H and O–H groups in total. The SMILES string of the molecule is C[C@H]1Nc2nc(nc3cnc(P4(=O)CCCC4)cc23)OCCOc2c1cccc2C(F)(F)F. The van der Waals surface area contributed by atoms with Crippen LogP contribution in [0.15, 0.2) is 30.5 Å². The van der Waals surface area contributed by atoms with Crippen molar-refractivity contribution in [2.24, 2.45) is 0 Å². The molecule has 4 heterocycles. The molecule has 0 amide bonds. The fraction of sp³-hybridized carbons (Fsp3) is 0.409. The Bertz CT molecular complexity index is 1260. The fourth-order valence-electron chi connectivity index (χ4n) is 4.31. The molecule has 0 radical (unpaired) electrons. The number of para-hydroxylation sites is 1. The van der Waals surface area contributed by atoms with E-state index in [1.165, 1.54) is 6.07 Å². The number of hydrogen-bond acceptors (Lipinski definition) is 7. The van der Waals surface area contributed by atoms with Crippen LogP contribution in [0.2, 0.25) is 0 Å². The van der Waals surface area contributed by atoms with Crippen molar-refractivity contribution < 1.29 is 27.2 Å². The van der Waals surface area contributed by atoms with Gasteiger partial charge >= 0.3 is 12.2 Å². The summed E-state index contributed by atoms with van der Waals surface area (Å²) in [4.78, 5) is 13.2. The van der Waals surface area contributed by atoms with Gasteiger partial charge in [-0.3, -0.25) is 4.98 Å². The van der Waals surface area contributed by atoms with Gasteiger partial charge in [0.15, 0.2) is 0 Å². The zero-order valence-electron chi connectivity index (χ0n) is 17.9. The van der Waals surface area contributed by atoms with E-state index in [4.69, 9.17) is 9.47 Å². The minimum absolute atomic E-state index is 0.0360. The molecule has 2 aromatic heterocycles. The molecule has 5 rings (SSSR count).